The maximum Gasteiger partial charge on any atom is 0.144 e. The quantitative estimate of drug-likeness (QED) is 0.385. The highest BCUT2D eigenvalue weighted by Gasteiger charge is 2.39. The molecule has 1 fully saturated rings. The van der Waals surface area contributed by atoms with E-state index in [0.717, 1.165) is 37.8 Å². The summed E-state index contributed by atoms with van der Waals surface area (Å²) in [5, 5.41) is 0. The average Bonchev–Trinajstić information content (AvgIpc) is 2.71. The first-order valence-electron chi connectivity index (χ1n) is 9.02. The smallest absolute Gasteiger partial charge is 0.144 e. The molecule has 0 aliphatic heterocycles. The molecule has 1 unspecified atom stereocenters. The second kappa shape index (κ2) is 8.35. The lowest BCUT2D eigenvalue weighted by molar-refractivity contribution is 0.378. The molecule has 0 aromatic heterocycles. The minimum atomic E-state index is -1.20. The Morgan fingerprint density at radius 1 is 1.21 bits per heavy atom. The molecule has 0 bridgehead atoms. The van der Waals surface area contributed by atoms with Gasteiger partial charge in [-0.3, -0.25) is 0 Å². The zero-order valence-corrected chi connectivity index (χ0v) is 16.2. The summed E-state index contributed by atoms with van der Waals surface area (Å²) in [6.07, 6.45) is 9.53. The van der Waals surface area contributed by atoms with Crippen molar-refractivity contribution in [3.05, 3.63) is 48.6 Å². The van der Waals surface area contributed by atoms with Crippen LogP contribution in [0, 0.1) is 5.41 Å². The van der Waals surface area contributed by atoms with Crippen LogP contribution in [-0.4, -0.2) is 15.0 Å². The maximum absolute atomic E-state index is 12.7. The molecule has 1 aromatic rings. The van der Waals surface area contributed by atoms with Crippen LogP contribution in [0.5, 0.6) is 0 Å². The van der Waals surface area contributed by atoms with E-state index < -0.39 is 11.4 Å². The highest BCUT2D eigenvalue weighted by Crippen LogP contribution is 2.40. The number of hydrogen-bond donors (Lipinski definition) is 0. The predicted molar refractivity (Wildman–Crippen MR) is 106 cm³/mol. The Morgan fingerprint density at radius 3 is 2.54 bits per heavy atom. The van der Waals surface area contributed by atoms with Crippen molar-refractivity contribution in [2.45, 2.75) is 70.5 Å². The van der Waals surface area contributed by atoms with Crippen molar-refractivity contribution in [2.75, 3.05) is 0 Å². The molecule has 1 aromatic carbocycles. The molecular weight excluding hydrogens is 314 g/mol. The first kappa shape index (κ1) is 19.3. The zero-order valence-electron chi connectivity index (χ0n) is 15.4. The van der Waals surface area contributed by atoms with E-state index in [1.807, 2.05) is 26.8 Å². The third kappa shape index (κ3) is 4.97. The third-order valence-electron chi connectivity index (χ3n) is 4.82. The maximum atomic E-state index is 12.7. The van der Waals surface area contributed by atoms with Gasteiger partial charge in [-0.15, -0.1) is 6.58 Å². The van der Waals surface area contributed by atoms with E-state index in [2.05, 4.69) is 36.9 Å². The van der Waals surface area contributed by atoms with Crippen molar-refractivity contribution in [3.8, 4) is 0 Å². The minimum Gasteiger partial charge on any atom is -0.591 e. The van der Waals surface area contributed by atoms with Gasteiger partial charge >= 0.3 is 0 Å². The van der Waals surface area contributed by atoms with Gasteiger partial charge in [0.1, 0.15) is 16.1 Å². The second-order valence-corrected chi connectivity index (χ2v) is 9.80. The van der Waals surface area contributed by atoms with Crippen LogP contribution in [0.3, 0.4) is 0 Å². The highest BCUT2D eigenvalue weighted by atomic mass is 32.2. The Bertz CT molecular complexity index is 561. The summed E-state index contributed by atoms with van der Waals surface area (Å²) in [7, 11) is 0. The van der Waals surface area contributed by atoms with E-state index in [1.165, 1.54) is 18.4 Å². The fourth-order valence-corrected chi connectivity index (χ4v) is 4.23. The molecule has 0 radical (unpaired) electrons. The van der Waals surface area contributed by atoms with Crippen LogP contribution >= 0.6 is 0 Å². The van der Waals surface area contributed by atoms with Crippen LogP contribution < -0.4 is 0 Å². The van der Waals surface area contributed by atoms with E-state index in [9.17, 15) is 4.55 Å². The normalized spacial score (nSPS) is 25.2. The standard InChI is InChI=1S/C21H31NOS/c1-5-15-21(17-18-12-8-6-9-13-18)16-11-7-10-14-19(21)22-24(23)20(2,3)4/h5-6,8-9,12-13H,1,7,10-11,14-17H2,2-4H3/b22-19+/t21-,24?/m1/s1. The van der Waals surface area contributed by atoms with Gasteiger partial charge in [0.25, 0.3) is 0 Å². The van der Waals surface area contributed by atoms with E-state index >= 15 is 0 Å². The molecule has 0 heterocycles. The molecule has 0 saturated heterocycles. The molecule has 2 nitrogen and oxygen atoms in total. The van der Waals surface area contributed by atoms with E-state index in [1.54, 1.807) is 0 Å². The van der Waals surface area contributed by atoms with Crippen molar-refractivity contribution in [1.29, 1.82) is 0 Å². The Hall–Kier alpha value is -1.06. The average molecular weight is 346 g/mol. The molecule has 2 rings (SSSR count). The van der Waals surface area contributed by atoms with Crippen molar-refractivity contribution in [3.63, 3.8) is 0 Å². The van der Waals surface area contributed by atoms with E-state index in [4.69, 9.17) is 4.40 Å². The molecule has 0 amide bonds. The summed E-state index contributed by atoms with van der Waals surface area (Å²) in [5.74, 6) is 0. The van der Waals surface area contributed by atoms with Crippen molar-refractivity contribution >= 4 is 17.1 Å². The fourth-order valence-electron chi connectivity index (χ4n) is 3.47. The fraction of sp³-hybridized carbons (Fsp3) is 0.571. The van der Waals surface area contributed by atoms with Gasteiger partial charge in [-0.2, -0.15) is 0 Å². The van der Waals surface area contributed by atoms with E-state index in [-0.39, 0.29) is 10.2 Å². The number of nitrogens with zero attached hydrogens (tertiary/aromatic N) is 1. The van der Waals surface area contributed by atoms with Gasteiger partial charge in [-0.1, -0.05) is 53.6 Å². The molecule has 1 saturated carbocycles. The molecule has 132 valence electrons. The lowest BCUT2D eigenvalue weighted by Gasteiger charge is -2.33. The molecule has 0 spiro atoms. The third-order valence-corrected chi connectivity index (χ3v) is 6.25. The summed E-state index contributed by atoms with van der Waals surface area (Å²) < 4.78 is 17.2. The van der Waals surface area contributed by atoms with Crippen molar-refractivity contribution < 1.29 is 4.55 Å². The molecular formula is C21H31NOS. The van der Waals surface area contributed by atoms with Crippen LogP contribution in [0.1, 0.15) is 64.9 Å². The second-order valence-electron chi connectivity index (χ2n) is 7.90. The zero-order chi connectivity index (χ0) is 17.6. The van der Waals surface area contributed by atoms with Crippen LogP contribution in [0.4, 0.5) is 0 Å². The number of benzene rings is 1. The summed E-state index contributed by atoms with van der Waals surface area (Å²) in [6.45, 7) is 9.99. The predicted octanol–water partition coefficient (Wildman–Crippen LogP) is 5.66. The van der Waals surface area contributed by atoms with Gasteiger partial charge in [0.2, 0.25) is 0 Å². The molecule has 3 heteroatoms. The molecule has 24 heavy (non-hydrogen) atoms. The summed E-state index contributed by atoms with van der Waals surface area (Å²) in [6, 6.07) is 10.6. The van der Waals surface area contributed by atoms with Crippen LogP contribution in [0.2, 0.25) is 0 Å². The summed E-state index contributed by atoms with van der Waals surface area (Å²) >= 11 is -1.20. The summed E-state index contributed by atoms with van der Waals surface area (Å²) in [5.41, 5.74) is 2.45. The topological polar surface area (TPSA) is 35.4 Å². The first-order valence-corrected chi connectivity index (χ1v) is 10.1. The van der Waals surface area contributed by atoms with Gasteiger partial charge in [-0.25, -0.2) is 0 Å². The SMILES string of the molecule is C=CC[C@]1(Cc2ccccc2)CCCCC/C1=N\[S+]([O-])C(C)(C)C. The Morgan fingerprint density at radius 2 is 1.92 bits per heavy atom. The first-order chi connectivity index (χ1) is 11.4. The Labute approximate surface area is 150 Å². The van der Waals surface area contributed by atoms with Crippen LogP contribution in [-0.2, 0) is 17.8 Å². The molecule has 1 aliphatic carbocycles. The number of hydrogen-bond acceptors (Lipinski definition) is 2. The lowest BCUT2D eigenvalue weighted by Crippen LogP contribution is -2.35. The highest BCUT2D eigenvalue weighted by molar-refractivity contribution is 7.91. The number of allylic oxidation sites excluding steroid dienone is 1. The van der Waals surface area contributed by atoms with Crippen molar-refractivity contribution in [2.24, 2.45) is 9.81 Å². The van der Waals surface area contributed by atoms with Gasteiger partial charge in [-0.05, 0) is 58.4 Å². The van der Waals surface area contributed by atoms with Gasteiger partial charge < -0.3 is 4.55 Å². The largest absolute Gasteiger partial charge is 0.591 e. The number of rotatable bonds is 5. The van der Waals surface area contributed by atoms with Crippen LogP contribution in [0.15, 0.2) is 47.4 Å². The van der Waals surface area contributed by atoms with Crippen molar-refractivity contribution in [1.82, 2.24) is 0 Å². The summed E-state index contributed by atoms with van der Waals surface area (Å²) in [4.78, 5) is 0. The Kier molecular flexibility index (Phi) is 6.70. The molecule has 2 atom stereocenters. The lowest BCUT2D eigenvalue weighted by atomic mass is 9.71. The minimum absolute atomic E-state index is 0.0273. The molecule has 0 N–H and O–H groups in total. The van der Waals surface area contributed by atoms with Gasteiger partial charge in [0.05, 0.1) is 5.71 Å². The van der Waals surface area contributed by atoms with E-state index in [0.29, 0.717) is 0 Å². The monoisotopic (exact) mass is 345 g/mol. The molecule has 1 aliphatic rings. The Balaban J connectivity index is 2.41. The van der Waals surface area contributed by atoms with Gasteiger partial charge in [0, 0.05) is 5.41 Å². The van der Waals surface area contributed by atoms with Gasteiger partial charge in [0.15, 0.2) is 0 Å². The van der Waals surface area contributed by atoms with Crippen LogP contribution in [0.25, 0.3) is 0 Å².